The van der Waals surface area contributed by atoms with Gasteiger partial charge in [-0.05, 0) is 38.3 Å². The molecule has 1 aromatic heterocycles. The molecule has 1 aromatic rings. The Hall–Kier alpha value is -0.830. The predicted octanol–water partition coefficient (Wildman–Crippen LogP) is 3.71. The zero-order valence-corrected chi connectivity index (χ0v) is 12.6. The summed E-state index contributed by atoms with van der Waals surface area (Å²) >= 11 is 0. The Labute approximate surface area is 117 Å². The Morgan fingerprint density at radius 1 is 1.32 bits per heavy atom. The highest BCUT2D eigenvalue weighted by atomic mass is 15.3. The Bertz CT molecular complexity index is 353. The summed E-state index contributed by atoms with van der Waals surface area (Å²) in [7, 11) is 0. The van der Waals surface area contributed by atoms with Crippen LogP contribution < -0.4 is 5.32 Å². The second-order valence-corrected chi connectivity index (χ2v) is 5.87. The van der Waals surface area contributed by atoms with Crippen molar-refractivity contribution in [3.63, 3.8) is 0 Å². The average Bonchev–Trinajstić information content (AvgIpc) is 3.06. The standard InChI is InChI=1S/C16H29N3/c1-3-7-14(17-11-4-2)13-15-10-12-19(18-15)16-8-5-6-9-16/h10,12,14,16-17H,3-9,11,13H2,1-2H3. The maximum Gasteiger partial charge on any atom is 0.0640 e. The van der Waals surface area contributed by atoms with Gasteiger partial charge in [0.05, 0.1) is 11.7 Å². The molecule has 2 rings (SSSR count). The van der Waals surface area contributed by atoms with Crippen molar-refractivity contribution in [2.24, 2.45) is 0 Å². The van der Waals surface area contributed by atoms with Crippen LogP contribution in [-0.4, -0.2) is 22.4 Å². The molecule has 0 spiro atoms. The maximum absolute atomic E-state index is 4.80. The van der Waals surface area contributed by atoms with Crippen LogP contribution in [0.25, 0.3) is 0 Å². The van der Waals surface area contributed by atoms with E-state index >= 15 is 0 Å². The van der Waals surface area contributed by atoms with Crippen LogP contribution in [0.2, 0.25) is 0 Å². The van der Waals surface area contributed by atoms with Gasteiger partial charge in [-0.1, -0.05) is 33.1 Å². The molecule has 0 aliphatic heterocycles. The summed E-state index contributed by atoms with van der Waals surface area (Å²) in [4.78, 5) is 0. The molecule has 0 amide bonds. The van der Waals surface area contributed by atoms with Crippen molar-refractivity contribution in [3.05, 3.63) is 18.0 Å². The van der Waals surface area contributed by atoms with E-state index in [0.717, 1.165) is 13.0 Å². The van der Waals surface area contributed by atoms with Gasteiger partial charge in [0.15, 0.2) is 0 Å². The first-order valence-electron chi connectivity index (χ1n) is 8.11. The lowest BCUT2D eigenvalue weighted by atomic mass is 10.1. The van der Waals surface area contributed by atoms with E-state index in [9.17, 15) is 0 Å². The third-order valence-electron chi connectivity index (χ3n) is 4.14. The van der Waals surface area contributed by atoms with Crippen LogP contribution in [0.3, 0.4) is 0 Å². The van der Waals surface area contributed by atoms with E-state index in [2.05, 4.69) is 36.1 Å². The quantitative estimate of drug-likeness (QED) is 0.775. The Morgan fingerprint density at radius 3 is 2.79 bits per heavy atom. The zero-order chi connectivity index (χ0) is 13.5. The van der Waals surface area contributed by atoms with Crippen molar-refractivity contribution in [2.75, 3.05) is 6.54 Å². The molecule has 1 unspecified atom stereocenters. The molecular weight excluding hydrogens is 234 g/mol. The number of rotatable bonds is 8. The summed E-state index contributed by atoms with van der Waals surface area (Å²) in [6, 6.07) is 3.48. The molecule has 1 atom stereocenters. The van der Waals surface area contributed by atoms with Crippen LogP contribution in [0, 0.1) is 0 Å². The molecule has 19 heavy (non-hydrogen) atoms. The number of nitrogens with one attached hydrogen (secondary N) is 1. The number of nitrogens with zero attached hydrogens (tertiary/aromatic N) is 2. The van der Waals surface area contributed by atoms with Crippen LogP contribution in [-0.2, 0) is 6.42 Å². The second kappa shape index (κ2) is 7.68. The van der Waals surface area contributed by atoms with Crippen LogP contribution >= 0.6 is 0 Å². The fourth-order valence-electron chi connectivity index (χ4n) is 3.08. The topological polar surface area (TPSA) is 29.9 Å². The molecule has 1 saturated carbocycles. The summed E-state index contributed by atoms with van der Waals surface area (Å²) in [5.41, 5.74) is 1.26. The van der Waals surface area contributed by atoms with Crippen molar-refractivity contribution in [2.45, 2.75) is 77.3 Å². The minimum atomic E-state index is 0.594. The minimum Gasteiger partial charge on any atom is -0.314 e. The first-order chi connectivity index (χ1) is 9.33. The smallest absolute Gasteiger partial charge is 0.0640 e. The molecule has 3 heteroatoms. The van der Waals surface area contributed by atoms with E-state index in [0.29, 0.717) is 12.1 Å². The molecule has 1 aliphatic carbocycles. The van der Waals surface area contributed by atoms with Crippen molar-refractivity contribution >= 4 is 0 Å². The fraction of sp³-hybridized carbons (Fsp3) is 0.812. The Morgan fingerprint density at radius 2 is 2.11 bits per heavy atom. The highest BCUT2D eigenvalue weighted by molar-refractivity contribution is 5.02. The van der Waals surface area contributed by atoms with Gasteiger partial charge in [-0.3, -0.25) is 4.68 Å². The highest BCUT2D eigenvalue weighted by Crippen LogP contribution is 2.28. The van der Waals surface area contributed by atoms with Crippen molar-refractivity contribution in [3.8, 4) is 0 Å². The fourth-order valence-corrected chi connectivity index (χ4v) is 3.08. The van der Waals surface area contributed by atoms with Crippen LogP contribution in [0.5, 0.6) is 0 Å². The lowest BCUT2D eigenvalue weighted by molar-refractivity contribution is 0.444. The molecule has 3 nitrogen and oxygen atoms in total. The van der Waals surface area contributed by atoms with Gasteiger partial charge in [0, 0.05) is 18.7 Å². The lowest BCUT2D eigenvalue weighted by Crippen LogP contribution is -2.31. The second-order valence-electron chi connectivity index (χ2n) is 5.87. The van der Waals surface area contributed by atoms with E-state index < -0.39 is 0 Å². The molecule has 0 bridgehead atoms. The van der Waals surface area contributed by atoms with E-state index in [1.807, 2.05) is 0 Å². The van der Waals surface area contributed by atoms with E-state index in [4.69, 9.17) is 5.10 Å². The number of aromatic nitrogens is 2. The van der Waals surface area contributed by atoms with Crippen molar-refractivity contribution in [1.82, 2.24) is 15.1 Å². The highest BCUT2D eigenvalue weighted by Gasteiger charge is 2.18. The number of hydrogen-bond donors (Lipinski definition) is 1. The summed E-state index contributed by atoms with van der Waals surface area (Å²) in [5, 5.41) is 8.45. The van der Waals surface area contributed by atoms with Gasteiger partial charge in [-0.2, -0.15) is 5.10 Å². The molecule has 1 heterocycles. The Kier molecular flexibility index (Phi) is 5.90. The molecular formula is C16H29N3. The lowest BCUT2D eigenvalue weighted by Gasteiger charge is -2.16. The first-order valence-corrected chi connectivity index (χ1v) is 8.11. The van der Waals surface area contributed by atoms with Crippen LogP contribution in [0.15, 0.2) is 12.3 Å². The molecule has 0 aromatic carbocycles. The maximum atomic E-state index is 4.80. The van der Waals surface area contributed by atoms with E-state index in [1.54, 1.807) is 0 Å². The Balaban J connectivity index is 1.89. The zero-order valence-electron chi connectivity index (χ0n) is 12.6. The SMILES string of the molecule is CCCNC(CCC)Cc1ccn(C2CCCC2)n1. The molecule has 0 radical (unpaired) electrons. The van der Waals surface area contributed by atoms with Crippen LogP contribution in [0.1, 0.15) is 70.5 Å². The van der Waals surface area contributed by atoms with E-state index in [1.165, 1.54) is 50.6 Å². The summed E-state index contributed by atoms with van der Waals surface area (Å²) in [6.07, 6.45) is 12.3. The number of hydrogen-bond acceptors (Lipinski definition) is 2. The average molecular weight is 263 g/mol. The third kappa shape index (κ3) is 4.34. The first kappa shape index (κ1) is 14.6. The van der Waals surface area contributed by atoms with Crippen LogP contribution in [0.4, 0.5) is 0 Å². The largest absolute Gasteiger partial charge is 0.314 e. The van der Waals surface area contributed by atoms with Gasteiger partial charge < -0.3 is 5.32 Å². The molecule has 1 N–H and O–H groups in total. The van der Waals surface area contributed by atoms with Gasteiger partial charge in [-0.25, -0.2) is 0 Å². The van der Waals surface area contributed by atoms with E-state index in [-0.39, 0.29) is 0 Å². The van der Waals surface area contributed by atoms with Crippen molar-refractivity contribution < 1.29 is 0 Å². The summed E-state index contributed by atoms with van der Waals surface area (Å²) in [6.45, 7) is 5.61. The molecule has 0 saturated heterocycles. The van der Waals surface area contributed by atoms with Gasteiger partial charge in [0.2, 0.25) is 0 Å². The summed E-state index contributed by atoms with van der Waals surface area (Å²) < 4.78 is 2.21. The van der Waals surface area contributed by atoms with Gasteiger partial charge in [0.1, 0.15) is 0 Å². The van der Waals surface area contributed by atoms with Gasteiger partial charge in [-0.15, -0.1) is 0 Å². The third-order valence-corrected chi connectivity index (χ3v) is 4.14. The normalized spacial score (nSPS) is 18.0. The minimum absolute atomic E-state index is 0.594. The van der Waals surface area contributed by atoms with Crippen molar-refractivity contribution in [1.29, 1.82) is 0 Å². The van der Waals surface area contributed by atoms with Gasteiger partial charge >= 0.3 is 0 Å². The summed E-state index contributed by atoms with van der Waals surface area (Å²) in [5.74, 6) is 0. The predicted molar refractivity (Wildman–Crippen MR) is 80.4 cm³/mol. The molecule has 1 fully saturated rings. The monoisotopic (exact) mass is 263 g/mol. The molecule has 1 aliphatic rings. The molecule has 108 valence electrons. The van der Waals surface area contributed by atoms with Gasteiger partial charge in [0.25, 0.3) is 0 Å².